The van der Waals surface area contributed by atoms with E-state index >= 15 is 0 Å². The lowest BCUT2D eigenvalue weighted by Gasteiger charge is -2.14. The number of aromatic nitrogens is 3. The molecule has 0 amide bonds. The van der Waals surface area contributed by atoms with Crippen LogP contribution < -0.4 is 0 Å². The molecule has 1 aromatic heterocycles. The number of hydrogen-bond acceptors (Lipinski definition) is 3. The van der Waals surface area contributed by atoms with Crippen LogP contribution in [-0.4, -0.2) is 21.6 Å². The Bertz CT molecular complexity index is 1040. The van der Waals surface area contributed by atoms with Crippen LogP contribution in [0.4, 0.5) is 0 Å². The van der Waals surface area contributed by atoms with Crippen LogP contribution in [0.1, 0.15) is 16.8 Å². The third-order valence-corrected chi connectivity index (χ3v) is 5.01. The lowest BCUT2D eigenvalue weighted by atomic mass is 9.93. The standard InChI is InChI=1S/C23H19N3O/c1-4-10-18(11-5-1)16-26-21(19-12-6-2-7-13-19)22(24-25-26)23(17-27-23)20-14-8-3-9-15-20/h1-15H,16-17H2. The molecule has 0 N–H and O–H groups in total. The van der Waals surface area contributed by atoms with E-state index in [1.54, 1.807) is 0 Å². The lowest BCUT2D eigenvalue weighted by Crippen LogP contribution is -2.13. The van der Waals surface area contributed by atoms with Crippen LogP contribution in [0.25, 0.3) is 11.3 Å². The summed E-state index contributed by atoms with van der Waals surface area (Å²) in [7, 11) is 0. The maximum Gasteiger partial charge on any atom is 0.162 e. The SMILES string of the molecule is c1ccc(Cn2nnc(C3(c4ccccc4)CO3)c2-c2ccccc2)cc1. The van der Waals surface area contributed by atoms with Crippen molar-refractivity contribution in [2.45, 2.75) is 12.1 Å². The molecule has 4 nitrogen and oxygen atoms in total. The largest absolute Gasteiger partial charge is 0.357 e. The third kappa shape index (κ3) is 2.84. The van der Waals surface area contributed by atoms with Crippen LogP contribution in [0.5, 0.6) is 0 Å². The van der Waals surface area contributed by atoms with Crippen molar-refractivity contribution >= 4 is 0 Å². The van der Waals surface area contributed by atoms with Crippen LogP contribution in [0.2, 0.25) is 0 Å². The number of epoxide rings is 1. The van der Waals surface area contributed by atoms with E-state index in [9.17, 15) is 0 Å². The lowest BCUT2D eigenvalue weighted by molar-refractivity contribution is 0.344. The van der Waals surface area contributed by atoms with Gasteiger partial charge in [-0.1, -0.05) is 96.2 Å². The highest BCUT2D eigenvalue weighted by molar-refractivity contribution is 5.65. The van der Waals surface area contributed by atoms with E-state index < -0.39 is 5.60 Å². The first-order chi connectivity index (χ1) is 13.4. The van der Waals surface area contributed by atoms with Crippen molar-refractivity contribution in [1.82, 2.24) is 15.0 Å². The predicted octanol–water partition coefficient (Wildman–Crippen LogP) is 4.27. The van der Waals surface area contributed by atoms with Crippen molar-refractivity contribution in [2.24, 2.45) is 0 Å². The van der Waals surface area contributed by atoms with Gasteiger partial charge in [0.2, 0.25) is 0 Å². The minimum Gasteiger partial charge on any atom is -0.357 e. The van der Waals surface area contributed by atoms with E-state index in [1.165, 1.54) is 5.56 Å². The monoisotopic (exact) mass is 353 g/mol. The second-order valence-electron chi connectivity index (χ2n) is 6.78. The van der Waals surface area contributed by atoms with Gasteiger partial charge in [0, 0.05) is 5.56 Å². The molecule has 0 bridgehead atoms. The molecule has 1 fully saturated rings. The molecule has 1 atom stereocenters. The molecule has 1 aliphatic rings. The fourth-order valence-electron chi connectivity index (χ4n) is 3.55. The molecule has 0 saturated carbocycles. The molecule has 2 heterocycles. The van der Waals surface area contributed by atoms with E-state index in [4.69, 9.17) is 4.74 Å². The van der Waals surface area contributed by atoms with Gasteiger partial charge in [0.15, 0.2) is 5.60 Å². The Balaban J connectivity index is 1.65. The molecule has 5 rings (SSSR count). The highest BCUT2D eigenvalue weighted by Gasteiger charge is 2.52. The number of benzene rings is 3. The van der Waals surface area contributed by atoms with Crippen molar-refractivity contribution in [1.29, 1.82) is 0 Å². The van der Waals surface area contributed by atoms with Gasteiger partial charge in [0.1, 0.15) is 5.69 Å². The van der Waals surface area contributed by atoms with Gasteiger partial charge >= 0.3 is 0 Å². The molecule has 132 valence electrons. The minimum atomic E-state index is -0.499. The second kappa shape index (κ2) is 6.49. The Hall–Kier alpha value is -3.24. The quantitative estimate of drug-likeness (QED) is 0.503. The average molecular weight is 353 g/mol. The summed E-state index contributed by atoms with van der Waals surface area (Å²) < 4.78 is 7.96. The Morgan fingerprint density at radius 2 is 1.41 bits per heavy atom. The van der Waals surface area contributed by atoms with Crippen LogP contribution in [-0.2, 0) is 16.9 Å². The molecule has 1 saturated heterocycles. The van der Waals surface area contributed by atoms with Gasteiger partial charge in [-0.2, -0.15) is 0 Å². The Morgan fingerprint density at radius 1 is 0.815 bits per heavy atom. The Morgan fingerprint density at radius 3 is 2.04 bits per heavy atom. The molecular weight excluding hydrogens is 334 g/mol. The van der Waals surface area contributed by atoms with E-state index in [2.05, 4.69) is 46.7 Å². The van der Waals surface area contributed by atoms with Crippen molar-refractivity contribution in [2.75, 3.05) is 6.61 Å². The van der Waals surface area contributed by atoms with E-state index in [-0.39, 0.29) is 0 Å². The Kier molecular flexibility index (Phi) is 3.84. The first-order valence-electron chi connectivity index (χ1n) is 9.10. The van der Waals surface area contributed by atoms with Gasteiger partial charge < -0.3 is 4.74 Å². The van der Waals surface area contributed by atoms with Crippen molar-refractivity contribution in [3.8, 4) is 11.3 Å². The smallest absolute Gasteiger partial charge is 0.162 e. The highest BCUT2D eigenvalue weighted by Crippen LogP contribution is 2.47. The van der Waals surface area contributed by atoms with Crippen molar-refractivity contribution in [3.05, 3.63) is 108 Å². The van der Waals surface area contributed by atoms with Gasteiger partial charge in [0.05, 0.1) is 18.8 Å². The first kappa shape index (κ1) is 16.0. The predicted molar refractivity (Wildman–Crippen MR) is 104 cm³/mol. The normalized spacial score (nSPS) is 18.4. The number of nitrogens with zero attached hydrogens (tertiary/aromatic N) is 3. The molecule has 4 heteroatoms. The van der Waals surface area contributed by atoms with Crippen LogP contribution in [0.3, 0.4) is 0 Å². The summed E-state index contributed by atoms with van der Waals surface area (Å²) >= 11 is 0. The van der Waals surface area contributed by atoms with Crippen molar-refractivity contribution in [3.63, 3.8) is 0 Å². The zero-order chi connectivity index (χ0) is 18.1. The van der Waals surface area contributed by atoms with E-state index in [0.717, 1.165) is 22.5 Å². The molecule has 0 radical (unpaired) electrons. The topological polar surface area (TPSA) is 43.2 Å². The zero-order valence-electron chi connectivity index (χ0n) is 14.8. The third-order valence-electron chi connectivity index (χ3n) is 5.01. The fraction of sp³-hybridized carbons (Fsp3) is 0.130. The molecule has 4 aromatic rings. The molecule has 0 aliphatic carbocycles. The number of rotatable bonds is 5. The summed E-state index contributed by atoms with van der Waals surface area (Å²) in [5.41, 5.74) is 4.81. The maximum atomic E-state index is 5.98. The number of hydrogen-bond donors (Lipinski definition) is 0. The first-order valence-corrected chi connectivity index (χ1v) is 9.10. The molecule has 1 unspecified atom stereocenters. The summed E-state index contributed by atoms with van der Waals surface area (Å²) in [6.45, 7) is 1.30. The molecule has 3 aromatic carbocycles. The minimum absolute atomic E-state index is 0.499. The molecule has 27 heavy (non-hydrogen) atoms. The fourth-order valence-corrected chi connectivity index (χ4v) is 3.55. The summed E-state index contributed by atoms with van der Waals surface area (Å²) in [6, 6.07) is 30.9. The zero-order valence-corrected chi connectivity index (χ0v) is 14.8. The van der Waals surface area contributed by atoms with Crippen molar-refractivity contribution < 1.29 is 4.74 Å². The number of ether oxygens (including phenoxy) is 1. The Labute approximate surface area is 158 Å². The summed E-state index contributed by atoms with van der Waals surface area (Å²) in [4.78, 5) is 0. The van der Waals surface area contributed by atoms with E-state index in [0.29, 0.717) is 13.2 Å². The summed E-state index contributed by atoms with van der Waals surface area (Å²) in [5, 5.41) is 9.09. The summed E-state index contributed by atoms with van der Waals surface area (Å²) in [6.07, 6.45) is 0. The van der Waals surface area contributed by atoms with Crippen LogP contribution in [0.15, 0.2) is 91.0 Å². The van der Waals surface area contributed by atoms with Crippen LogP contribution >= 0.6 is 0 Å². The van der Waals surface area contributed by atoms with Gasteiger partial charge in [-0.05, 0) is 11.1 Å². The van der Waals surface area contributed by atoms with Gasteiger partial charge in [-0.15, -0.1) is 5.10 Å². The highest BCUT2D eigenvalue weighted by atomic mass is 16.6. The van der Waals surface area contributed by atoms with Gasteiger partial charge in [-0.3, -0.25) is 0 Å². The molecular formula is C23H19N3O. The van der Waals surface area contributed by atoms with Crippen LogP contribution in [0, 0.1) is 0 Å². The molecule has 0 spiro atoms. The maximum absolute atomic E-state index is 5.98. The van der Waals surface area contributed by atoms with Gasteiger partial charge in [-0.25, -0.2) is 4.68 Å². The van der Waals surface area contributed by atoms with E-state index in [1.807, 2.05) is 59.3 Å². The average Bonchev–Trinajstić information content (AvgIpc) is 3.45. The second-order valence-corrected chi connectivity index (χ2v) is 6.78. The molecule has 1 aliphatic heterocycles. The van der Waals surface area contributed by atoms with Gasteiger partial charge in [0.25, 0.3) is 0 Å². The summed E-state index contributed by atoms with van der Waals surface area (Å²) in [5.74, 6) is 0.